The summed E-state index contributed by atoms with van der Waals surface area (Å²) >= 11 is 0. The Bertz CT molecular complexity index is 648. The average molecular weight is 289 g/mol. The lowest BCUT2D eigenvalue weighted by Gasteiger charge is -2.23. The summed E-state index contributed by atoms with van der Waals surface area (Å²) in [6, 6.07) is 5.86. The van der Waals surface area contributed by atoms with Gasteiger partial charge in [0.25, 0.3) is 0 Å². The Hall–Kier alpha value is -1.88. The van der Waals surface area contributed by atoms with Crippen LogP contribution in [0.15, 0.2) is 18.2 Å². The topological polar surface area (TPSA) is 58.4 Å². The van der Waals surface area contributed by atoms with Gasteiger partial charge >= 0.3 is 5.97 Å². The van der Waals surface area contributed by atoms with Crippen molar-refractivity contribution in [3.8, 4) is 0 Å². The Balaban J connectivity index is 2.30. The molecule has 1 unspecified atom stereocenters. The van der Waals surface area contributed by atoms with Gasteiger partial charge < -0.3 is 14.6 Å². The molecule has 0 aliphatic heterocycles. The molecule has 1 aromatic carbocycles. The molecule has 0 saturated carbocycles. The van der Waals surface area contributed by atoms with Gasteiger partial charge in [-0.1, -0.05) is 13.0 Å². The summed E-state index contributed by atoms with van der Waals surface area (Å²) in [7, 11) is 2.12. The predicted molar refractivity (Wildman–Crippen MR) is 83.8 cm³/mol. The third-order valence-electron chi connectivity index (χ3n) is 4.22. The number of carbonyl (C=O) groups is 1. The highest BCUT2D eigenvalue weighted by atomic mass is 16.4. The highest BCUT2D eigenvalue weighted by Gasteiger charge is 2.15. The third-order valence-corrected chi connectivity index (χ3v) is 4.22. The number of fused-ring (bicyclic) bond motifs is 1. The molecule has 21 heavy (non-hydrogen) atoms. The largest absolute Gasteiger partial charge is 0.478 e. The maximum atomic E-state index is 11.3. The van der Waals surface area contributed by atoms with Crippen LogP contribution in [0.5, 0.6) is 0 Å². The summed E-state index contributed by atoms with van der Waals surface area (Å²) in [5.74, 6) is -0.0711. The van der Waals surface area contributed by atoms with E-state index in [0.29, 0.717) is 11.6 Å². The summed E-state index contributed by atoms with van der Waals surface area (Å²) in [5.41, 5.74) is 1.74. The number of likely N-dealkylation sites (N-methyl/N-ethyl adjacent to an activating group) is 1. The van der Waals surface area contributed by atoms with Crippen molar-refractivity contribution in [1.82, 2.24) is 14.5 Å². The van der Waals surface area contributed by atoms with E-state index in [1.807, 2.05) is 13.0 Å². The van der Waals surface area contributed by atoms with Gasteiger partial charge in [-0.3, -0.25) is 0 Å². The molecule has 0 aliphatic carbocycles. The van der Waals surface area contributed by atoms with Crippen molar-refractivity contribution in [2.75, 3.05) is 13.6 Å². The van der Waals surface area contributed by atoms with E-state index < -0.39 is 5.97 Å². The Morgan fingerprint density at radius 1 is 1.48 bits per heavy atom. The van der Waals surface area contributed by atoms with Crippen molar-refractivity contribution in [2.24, 2.45) is 0 Å². The molecule has 1 aromatic heterocycles. The van der Waals surface area contributed by atoms with Gasteiger partial charge in [0.2, 0.25) is 0 Å². The first-order valence-electron chi connectivity index (χ1n) is 7.35. The number of imidazole rings is 1. The molecule has 1 atom stereocenters. The monoisotopic (exact) mass is 289 g/mol. The lowest BCUT2D eigenvalue weighted by molar-refractivity contribution is 0.0699. The van der Waals surface area contributed by atoms with Crippen LogP contribution in [0.3, 0.4) is 0 Å². The Labute approximate surface area is 125 Å². The average Bonchev–Trinajstić information content (AvgIpc) is 2.78. The van der Waals surface area contributed by atoms with Crippen LogP contribution in [0, 0.1) is 6.92 Å². The van der Waals surface area contributed by atoms with Crippen molar-refractivity contribution >= 4 is 17.0 Å². The van der Waals surface area contributed by atoms with Gasteiger partial charge in [0, 0.05) is 19.1 Å². The number of aromatic nitrogens is 2. The van der Waals surface area contributed by atoms with Gasteiger partial charge in [0.05, 0.1) is 11.1 Å². The van der Waals surface area contributed by atoms with E-state index >= 15 is 0 Å². The van der Waals surface area contributed by atoms with Gasteiger partial charge in [-0.15, -0.1) is 0 Å². The van der Waals surface area contributed by atoms with Gasteiger partial charge in [-0.2, -0.15) is 0 Å². The molecule has 0 bridgehead atoms. The minimum atomic E-state index is -0.929. The van der Waals surface area contributed by atoms with Gasteiger partial charge in [-0.25, -0.2) is 9.78 Å². The van der Waals surface area contributed by atoms with E-state index in [4.69, 9.17) is 0 Å². The highest BCUT2D eigenvalue weighted by molar-refractivity contribution is 6.01. The smallest absolute Gasteiger partial charge is 0.337 e. The number of para-hydroxylation sites is 1. The second-order valence-corrected chi connectivity index (χ2v) is 5.53. The first-order valence-corrected chi connectivity index (χ1v) is 7.35. The molecule has 114 valence electrons. The van der Waals surface area contributed by atoms with Crippen LogP contribution in [0.1, 0.15) is 36.5 Å². The fraction of sp³-hybridized carbons (Fsp3) is 0.500. The van der Waals surface area contributed by atoms with Crippen LogP contribution in [0.2, 0.25) is 0 Å². The van der Waals surface area contributed by atoms with Gasteiger partial charge in [0.1, 0.15) is 11.3 Å². The van der Waals surface area contributed by atoms with Crippen LogP contribution in [0.25, 0.3) is 11.0 Å². The molecule has 0 amide bonds. The fourth-order valence-electron chi connectivity index (χ4n) is 2.51. The molecule has 5 heteroatoms. The van der Waals surface area contributed by atoms with Crippen LogP contribution in [-0.4, -0.2) is 45.2 Å². The molecule has 0 fully saturated rings. The number of carboxylic acids is 1. The number of nitrogens with zero attached hydrogens (tertiary/aromatic N) is 3. The second kappa shape index (κ2) is 6.26. The molecule has 1 heterocycles. The maximum Gasteiger partial charge on any atom is 0.337 e. The van der Waals surface area contributed by atoms with Crippen molar-refractivity contribution in [1.29, 1.82) is 0 Å². The first kappa shape index (κ1) is 15.5. The van der Waals surface area contributed by atoms with Crippen molar-refractivity contribution < 1.29 is 9.90 Å². The zero-order chi connectivity index (χ0) is 15.6. The van der Waals surface area contributed by atoms with Crippen LogP contribution in [0.4, 0.5) is 0 Å². The van der Waals surface area contributed by atoms with Crippen LogP contribution >= 0.6 is 0 Å². The number of benzene rings is 1. The van der Waals surface area contributed by atoms with E-state index in [-0.39, 0.29) is 5.56 Å². The van der Waals surface area contributed by atoms with E-state index in [1.54, 1.807) is 12.1 Å². The summed E-state index contributed by atoms with van der Waals surface area (Å²) < 4.78 is 2.10. The lowest BCUT2D eigenvalue weighted by atomic mass is 10.2. The normalized spacial score (nSPS) is 13.0. The Kier molecular flexibility index (Phi) is 4.63. The number of aryl methyl sites for hydroxylation is 1. The Morgan fingerprint density at radius 2 is 2.19 bits per heavy atom. The number of hydrogen-bond donors (Lipinski definition) is 1. The molecule has 0 spiro atoms. The summed E-state index contributed by atoms with van der Waals surface area (Å²) in [5, 5.41) is 9.25. The summed E-state index contributed by atoms with van der Waals surface area (Å²) in [6.45, 7) is 8.04. The van der Waals surface area contributed by atoms with Gasteiger partial charge in [0.15, 0.2) is 0 Å². The molecule has 1 N–H and O–H groups in total. The molecular weight excluding hydrogens is 266 g/mol. The van der Waals surface area contributed by atoms with Crippen molar-refractivity contribution in [3.63, 3.8) is 0 Å². The number of rotatable bonds is 6. The molecule has 2 rings (SSSR count). The standard InChI is InChI=1S/C16H23N3O2/c1-5-11(2)18(4)9-10-19-12(3)17-15-13(16(20)21)7-6-8-14(15)19/h6-8,11H,5,9-10H2,1-4H3,(H,20,21). The maximum absolute atomic E-state index is 11.3. The minimum absolute atomic E-state index is 0.268. The summed E-state index contributed by atoms with van der Waals surface area (Å²) in [4.78, 5) is 18.0. The zero-order valence-electron chi connectivity index (χ0n) is 13.1. The van der Waals surface area contributed by atoms with Crippen LogP contribution < -0.4 is 0 Å². The van der Waals surface area contributed by atoms with E-state index in [1.165, 1.54) is 0 Å². The van der Waals surface area contributed by atoms with Crippen molar-refractivity contribution in [2.45, 2.75) is 39.8 Å². The van der Waals surface area contributed by atoms with E-state index in [9.17, 15) is 9.90 Å². The fourth-order valence-corrected chi connectivity index (χ4v) is 2.51. The third kappa shape index (κ3) is 3.08. The summed E-state index contributed by atoms with van der Waals surface area (Å²) in [6.07, 6.45) is 1.11. The molecule has 2 aromatic rings. The minimum Gasteiger partial charge on any atom is -0.478 e. The highest BCUT2D eigenvalue weighted by Crippen LogP contribution is 2.20. The number of hydrogen-bond acceptors (Lipinski definition) is 3. The van der Waals surface area contributed by atoms with Crippen molar-refractivity contribution in [3.05, 3.63) is 29.6 Å². The molecule has 0 saturated heterocycles. The van der Waals surface area contributed by atoms with E-state index in [2.05, 4.69) is 35.3 Å². The second-order valence-electron chi connectivity index (χ2n) is 5.53. The van der Waals surface area contributed by atoms with E-state index in [0.717, 1.165) is 30.9 Å². The lowest BCUT2D eigenvalue weighted by Crippen LogP contribution is -2.31. The number of aromatic carboxylic acids is 1. The molecular formula is C16H23N3O2. The SMILES string of the molecule is CCC(C)N(C)CCn1c(C)nc2c(C(=O)O)cccc21. The molecule has 5 nitrogen and oxygen atoms in total. The van der Waals surface area contributed by atoms with Gasteiger partial charge in [-0.05, 0) is 39.4 Å². The quantitative estimate of drug-likeness (QED) is 0.888. The van der Waals surface area contributed by atoms with Crippen LogP contribution in [-0.2, 0) is 6.54 Å². The predicted octanol–water partition coefficient (Wildman–Crippen LogP) is 2.77. The Morgan fingerprint density at radius 3 is 2.81 bits per heavy atom. The molecule has 0 aliphatic rings. The molecule has 0 radical (unpaired) electrons. The zero-order valence-corrected chi connectivity index (χ0v) is 13.1. The number of carboxylic acid groups (broad SMARTS) is 1. The first-order chi connectivity index (χ1) is 9.95.